The van der Waals surface area contributed by atoms with Crippen molar-refractivity contribution in [1.82, 2.24) is 0 Å². The standard InChI is InChI=1S/C10H13O4P/c1-11-10-4-2-9(3-5-10)8-14-15-12-6-7-13-15/h2-5H,6-8H2,1H3. The summed E-state index contributed by atoms with van der Waals surface area (Å²) in [5.74, 6) is 0.845. The van der Waals surface area contributed by atoms with Crippen LogP contribution in [-0.4, -0.2) is 20.3 Å². The zero-order valence-electron chi connectivity index (χ0n) is 8.51. The molecule has 1 saturated heterocycles. The molecule has 1 aromatic rings. The molecule has 0 unspecified atom stereocenters. The molecule has 1 aliphatic rings. The van der Waals surface area contributed by atoms with Crippen LogP contribution in [0, 0.1) is 0 Å². The first kappa shape index (κ1) is 10.8. The van der Waals surface area contributed by atoms with Crippen LogP contribution in [0.15, 0.2) is 24.3 Å². The van der Waals surface area contributed by atoms with E-state index in [4.69, 9.17) is 18.3 Å². The van der Waals surface area contributed by atoms with Crippen LogP contribution in [0.3, 0.4) is 0 Å². The number of hydrogen-bond donors (Lipinski definition) is 0. The molecule has 0 N–H and O–H groups in total. The van der Waals surface area contributed by atoms with Crippen molar-refractivity contribution in [3.05, 3.63) is 29.8 Å². The van der Waals surface area contributed by atoms with Gasteiger partial charge in [-0.2, -0.15) is 0 Å². The minimum absolute atomic E-state index is 0.510. The summed E-state index contributed by atoms with van der Waals surface area (Å²) < 4.78 is 20.9. The predicted molar refractivity (Wildman–Crippen MR) is 56.6 cm³/mol. The highest BCUT2D eigenvalue weighted by molar-refractivity contribution is 7.41. The highest BCUT2D eigenvalue weighted by atomic mass is 31.2. The Bertz CT molecular complexity index is 295. The maximum absolute atomic E-state index is 5.44. The van der Waals surface area contributed by atoms with E-state index in [9.17, 15) is 0 Å². The molecule has 82 valence electrons. The molecule has 0 saturated carbocycles. The van der Waals surface area contributed by atoms with Gasteiger partial charge >= 0.3 is 8.60 Å². The maximum Gasteiger partial charge on any atom is 0.333 e. The molecule has 1 aliphatic heterocycles. The van der Waals surface area contributed by atoms with E-state index in [-0.39, 0.29) is 0 Å². The molecule has 0 radical (unpaired) electrons. The van der Waals surface area contributed by atoms with Gasteiger partial charge in [0.25, 0.3) is 0 Å². The maximum atomic E-state index is 5.44. The normalized spacial score (nSPS) is 16.9. The summed E-state index contributed by atoms with van der Waals surface area (Å²) in [7, 11) is 0.536. The molecule has 0 bridgehead atoms. The predicted octanol–water partition coefficient (Wildman–Crippen LogP) is 2.49. The summed E-state index contributed by atoms with van der Waals surface area (Å²) in [4.78, 5) is 0. The largest absolute Gasteiger partial charge is 0.497 e. The van der Waals surface area contributed by atoms with Gasteiger partial charge in [-0.15, -0.1) is 0 Å². The van der Waals surface area contributed by atoms with Crippen LogP contribution in [0.25, 0.3) is 0 Å². The van der Waals surface area contributed by atoms with Crippen molar-refractivity contribution in [2.75, 3.05) is 20.3 Å². The van der Waals surface area contributed by atoms with Crippen molar-refractivity contribution >= 4 is 8.60 Å². The summed E-state index contributed by atoms with van der Waals surface area (Å²) in [6.45, 7) is 1.78. The lowest BCUT2D eigenvalue weighted by molar-refractivity contribution is 0.238. The first-order valence-corrected chi connectivity index (χ1v) is 5.80. The van der Waals surface area contributed by atoms with Crippen LogP contribution in [0.1, 0.15) is 5.56 Å². The zero-order valence-corrected chi connectivity index (χ0v) is 9.41. The van der Waals surface area contributed by atoms with E-state index in [1.54, 1.807) is 7.11 Å². The van der Waals surface area contributed by atoms with Crippen molar-refractivity contribution in [2.24, 2.45) is 0 Å². The van der Waals surface area contributed by atoms with Gasteiger partial charge in [0, 0.05) is 0 Å². The van der Waals surface area contributed by atoms with Crippen molar-refractivity contribution in [2.45, 2.75) is 6.61 Å². The van der Waals surface area contributed by atoms with Crippen LogP contribution >= 0.6 is 8.60 Å². The molecule has 0 aliphatic carbocycles. The van der Waals surface area contributed by atoms with E-state index in [0.29, 0.717) is 19.8 Å². The quantitative estimate of drug-likeness (QED) is 0.742. The van der Waals surface area contributed by atoms with Crippen molar-refractivity contribution in [3.63, 3.8) is 0 Å². The summed E-state index contributed by atoms with van der Waals surface area (Å²) in [5.41, 5.74) is 1.08. The SMILES string of the molecule is COc1ccc(COP2OCCO2)cc1. The number of methoxy groups -OCH3 is 1. The number of ether oxygens (including phenoxy) is 1. The fraction of sp³-hybridized carbons (Fsp3) is 0.400. The first-order valence-electron chi connectivity index (χ1n) is 4.70. The van der Waals surface area contributed by atoms with Gasteiger partial charge in [-0.25, -0.2) is 0 Å². The molecule has 4 nitrogen and oxygen atoms in total. The molecular weight excluding hydrogens is 215 g/mol. The van der Waals surface area contributed by atoms with Gasteiger partial charge in [-0.1, -0.05) is 12.1 Å². The zero-order chi connectivity index (χ0) is 10.5. The molecule has 1 heterocycles. The fourth-order valence-corrected chi connectivity index (χ4v) is 2.11. The number of rotatable bonds is 4. The summed E-state index contributed by atoms with van der Waals surface area (Å²) in [6.07, 6.45) is 0. The van der Waals surface area contributed by atoms with E-state index >= 15 is 0 Å². The Morgan fingerprint density at radius 1 is 1.20 bits per heavy atom. The van der Waals surface area contributed by atoms with Crippen LogP contribution in [-0.2, 0) is 20.2 Å². The molecule has 15 heavy (non-hydrogen) atoms. The Balaban J connectivity index is 1.82. The summed E-state index contributed by atoms with van der Waals surface area (Å²) in [5, 5.41) is 0. The Morgan fingerprint density at radius 3 is 2.47 bits per heavy atom. The third-order valence-corrected chi connectivity index (χ3v) is 3.10. The van der Waals surface area contributed by atoms with Crippen LogP contribution in [0.2, 0.25) is 0 Å². The minimum atomic E-state index is -1.11. The summed E-state index contributed by atoms with van der Waals surface area (Å²) in [6, 6.07) is 7.74. The van der Waals surface area contributed by atoms with E-state index in [1.165, 1.54) is 0 Å². The lowest BCUT2D eigenvalue weighted by Gasteiger charge is -2.08. The molecule has 0 amide bonds. The molecule has 0 aromatic heterocycles. The summed E-state index contributed by atoms with van der Waals surface area (Å²) >= 11 is 0. The van der Waals surface area contributed by atoms with Crippen molar-refractivity contribution in [3.8, 4) is 5.75 Å². The molecule has 1 aromatic carbocycles. The van der Waals surface area contributed by atoms with Gasteiger partial charge < -0.3 is 18.3 Å². The highest BCUT2D eigenvalue weighted by Crippen LogP contribution is 2.44. The Kier molecular flexibility index (Phi) is 3.92. The van der Waals surface area contributed by atoms with Crippen LogP contribution < -0.4 is 4.74 Å². The molecule has 1 fully saturated rings. The van der Waals surface area contributed by atoms with E-state index in [2.05, 4.69) is 0 Å². The lowest BCUT2D eigenvalue weighted by atomic mass is 10.2. The number of benzene rings is 1. The molecule has 0 spiro atoms. The second-order valence-electron chi connectivity index (χ2n) is 3.01. The van der Waals surface area contributed by atoms with E-state index in [0.717, 1.165) is 11.3 Å². The average Bonchev–Trinajstić information content (AvgIpc) is 2.80. The minimum Gasteiger partial charge on any atom is -0.497 e. The third kappa shape index (κ3) is 3.14. The monoisotopic (exact) mass is 228 g/mol. The van der Waals surface area contributed by atoms with Gasteiger partial charge in [0.1, 0.15) is 5.75 Å². The first-order chi connectivity index (χ1) is 7.38. The Morgan fingerprint density at radius 2 is 1.87 bits per heavy atom. The van der Waals surface area contributed by atoms with Crippen LogP contribution in [0.5, 0.6) is 5.75 Å². The second kappa shape index (κ2) is 5.42. The van der Waals surface area contributed by atoms with Gasteiger partial charge in [0.05, 0.1) is 26.9 Å². The van der Waals surface area contributed by atoms with Gasteiger partial charge in [-0.05, 0) is 17.7 Å². The van der Waals surface area contributed by atoms with Crippen molar-refractivity contribution in [1.29, 1.82) is 0 Å². The second-order valence-corrected chi connectivity index (χ2v) is 4.23. The molecule has 0 atom stereocenters. The Labute approximate surface area is 90.1 Å². The van der Waals surface area contributed by atoms with Crippen LogP contribution in [0.4, 0.5) is 0 Å². The third-order valence-electron chi connectivity index (χ3n) is 1.97. The molecule has 2 rings (SSSR count). The Hall–Kier alpha value is -0.670. The average molecular weight is 228 g/mol. The smallest absolute Gasteiger partial charge is 0.333 e. The molecular formula is C10H13O4P. The molecule has 5 heteroatoms. The topological polar surface area (TPSA) is 36.9 Å². The van der Waals surface area contributed by atoms with Gasteiger partial charge in [0.15, 0.2) is 0 Å². The highest BCUT2D eigenvalue weighted by Gasteiger charge is 2.18. The fourth-order valence-electron chi connectivity index (χ4n) is 1.18. The van der Waals surface area contributed by atoms with E-state index in [1.807, 2.05) is 24.3 Å². The van der Waals surface area contributed by atoms with Crippen molar-refractivity contribution < 1.29 is 18.3 Å². The lowest BCUT2D eigenvalue weighted by Crippen LogP contribution is -1.89. The number of hydrogen-bond acceptors (Lipinski definition) is 4. The van der Waals surface area contributed by atoms with E-state index < -0.39 is 8.60 Å². The van der Waals surface area contributed by atoms with Gasteiger partial charge in [-0.3, -0.25) is 0 Å². The van der Waals surface area contributed by atoms with Gasteiger partial charge in [0.2, 0.25) is 0 Å².